The van der Waals surface area contributed by atoms with Gasteiger partial charge in [0.15, 0.2) is 28.2 Å². The van der Waals surface area contributed by atoms with Crippen molar-refractivity contribution < 1.29 is 38.1 Å². The molecule has 0 spiro atoms. The van der Waals surface area contributed by atoms with Crippen molar-refractivity contribution in [2.45, 2.75) is 257 Å². The van der Waals surface area contributed by atoms with E-state index >= 15 is 0 Å². The molecule has 3 saturated heterocycles. The molecule has 2 atom stereocenters. The first-order valence-electron chi connectivity index (χ1n) is 42.3. The Morgan fingerprint density at radius 1 is 0.449 bits per heavy atom. The number of pyridine rings is 5. The molecule has 0 radical (unpaired) electrons. The van der Waals surface area contributed by atoms with Gasteiger partial charge in [0.2, 0.25) is 53.4 Å². The Hall–Kier alpha value is -8.48. The summed E-state index contributed by atoms with van der Waals surface area (Å²) in [5.41, 5.74) is 9.57. The zero-order chi connectivity index (χ0) is 82.9. The number of carbonyl (C=O) groups excluding carboxylic acids is 4. The summed E-state index contributed by atoms with van der Waals surface area (Å²) in [5, 5.41) is 17.2. The fraction of sp³-hybridized carbons (Fsp3) is 0.581. The molecule has 5 saturated carbocycles. The van der Waals surface area contributed by atoms with E-state index in [2.05, 4.69) is 106 Å². The van der Waals surface area contributed by atoms with Crippen molar-refractivity contribution in [2.75, 3.05) is 66.2 Å². The van der Waals surface area contributed by atoms with Gasteiger partial charge < -0.3 is 24.3 Å². The Balaban J connectivity index is 0.000000121. The van der Waals surface area contributed by atoms with Gasteiger partial charge in [-0.25, -0.2) is 49.8 Å². The molecule has 118 heavy (non-hydrogen) atoms. The molecule has 28 nitrogen and oxygen atoms in total. The minimum Gasteiger partial charge on any atom is -0.381 e. The number of halogens is 4. The van der Waals surface area contributed by atoms with Gasteiger partial charge in [0.25, 0.3) is 0 Å². The van der Waals surface area contributed by atoms with Gasteiger partial charge >= 0.3 is 0 Å². The van der Waals surface area contributed by atoms with Crippen LogP contribution in [0.2, 0.25) is 20.6 Å². The molecule has 8 fully saturated rings. The number of hydrogen-bond donors (Lipinski definition) is 5. The maximum Gasteiger partial charge on any atom is 0.229 e. The van der Waals surface area contributed by atoms with Gasteiger partial charge in [-0.1, -0.05) is 66.8 Å². The third kappa shape index (κ3) is 21.8. The highest BCUT2D eigenvalue weighted by Gasteiger charge is 2.35. The van der Waals surface area contributed by atoms with Crippen LogP contribution in [0.3, 0.4) is 0 Å². The predicted octanol–water partition coefficient (Wildman–Crippen LogP) is 19.5. The van der Waals surface area contributed by atoms with Gasteiger partial charge in [-0.05, 0) is 261 Å². The Labute approximate surface area is 708 Å². The third-order valence-corrected chi connectivity index (χ3v) is 24.1. The zero-order valence-electron chi connectivity index (χ0n) is 69.1. The lowest BCUT2D eigenvalue weighted by Gasteiger charge is -2.35. The second-order valence-corrected chi connectivity index (χ2v) is 36.3. The molecule has 5 aliphatic carbocycles. The van der Waals surface area contributed by atoms with Crippen molar-refractivity contribution in [1.82, 2.24) is 72.7 Å². The van der Waals surface area contributed by atoms with Gasteiger partial charge in [0, 0.05) is 93.9 Å². The average molecular weight is 1700 g/mol. The van der Waals surface area contributed by atoms with Crippen LogP contribution in [0, 0.1) is 30.6 Å². The van der Waals surface area contributed by atoms with Crippen LogP contribution in [-0.4, -0.2) is 147 Å². The van der Waals surface area contributed by atoms with Gasteiger partial charge in [0.1, 0.15) is 48.2 Å². The van der Waals surface area contributed by atoms with E-state index in [4.69, 9.17) is 70.3 Å². The number of aromatic nitrogens is 15. The standard InChI is InChI=1S/C19H25ClN4O2.C17H21ClN4O2.C17H23ClN4O2.C17H21ClN4O.C16H22N4O/c1-19(2)11-12(8-9-26-19)10-16(25)23-18-21-14-6-7-15(20)22-17(14)24(18)13-4-3-5-13;18-14-5-4-13-16(20-14)22(12-2-1-3-12)17(19-13)21-15(23)10-11-6-8-24-9-7-11;1-17(2,3)24-10-9-14(23)21-16-19-12-7-8-13(18)20-15(12)22(16)11-5-4-6-11;1-11(9-12-7-8-23-10-12)19-17-20-14-5-6-15(18)21-16(14)22(17)13-3-2-4-13;1-10(2)9-14(21)19-16-18-13-8-7-11(3)17-15(13)20(16)12-5-4-6-12/h6-7,12-13H,3-5,8-11H2,1-2H3,(H,21,23,25);4-5,11-12H,1-3,6-10H2,(H,19,21,23);7-8,11H,4-6,9-10H2,1-3H3,(H,19,21,23);5-6,12-13H,1-4,7-10H2,(H,19,20);7-8,10,12H,4-6,9H2,1-3H3,(H,18,19,21). The Morgan fingerprint density at radius 3 is 1.16 bits per heavy atom. The first-order valence-corrected chi connectivity index (χ1v) is 43.8. The van der Waals surface area contributed by atoms with Crippen molar-refractivity contribution in [1.29, 1.82) is 0 Å². The van der Waals surface area contributed by atoms with Gasteiger partial charge in [0.05, 0.1) is 24.2 Å². The van der Waals surface area contributed by atoms with E-state index in [-0.39, 0.29) is 34.8 Å². The minimum absolute atomic E-state index is 0.00896. The number of nitrogens with zero attached hydrogens (tertiary/aromatic N) is 15. The molecule has 0 bridgehead atoms. The number of nitrogens with one attached hydrogen (secondary N) is 5. The number of allylic oxidation sites excluding steroid dienone is 1. The fourth-order valence-electron chi connectivity index (χ4n) is 16.1. The van der Waals surface area contributed by atoms with Crippen LogP contribution in [-0.2, 0) is 38.1 Å². The summed E-state index contributed by atoms with van der Waals surface area (Å²) in [6.07, 6.45) is 24.7. The molecule has 32 heteroatoms. The molecule has 10 aromatic heterocycles. The number of hydrogen-bond acceptors (Lipinski definition) is 19. The monoisotopic (exact) mass is 1690 g/mol. The molecule has 2 unspecified atom stereocenters. The number of amides is 4. The lowest BCUT2D eigenvalue weighted by Crippen LogP contribution is -2.35. The van der Waals surface area contributed by atoms with Crippen molar-refractivity contribution in [3.05, 3.63) is 99.2 Å². The molecule has 13 heterocycles. The van der Waals surface area contributed by atoms with Crippen LogP contribution in [0.1, 0.15) is 245 Å². The molecule has 632 valence electrons. The first-order chi connectivity index (χ1) is 56.7. The summed E-state index contributed by atoms with van der Waals surface area (Å²) in [7, 11) is 0. The van der Waals surface area contributed by atoms with Crippen LogP contribution in [0.4, 0.5) is 29.7 Å². The second-order valence-electron chi connectivity index (χ2n) is 34.7. The first kappa shape index (κ1) is 85.9. The van der Waals surface area contributed by atoms with Crippen LogP contribution < -0.4 is 26.6 Å². The van der Waals surface area contributed by atoms with E-state index in [0.29, 0.717) is 137 Å². The van der Waals surface area contributed by atoms with Crippen molar-refractivity contribution >= 4 is 156 Å². The number of anilines is 5. The quantitative estimate of drug-likeness (QED) is 0.0394. The van der Waals surface area contributed by atoms with Gasteiger partial charge in [-0.3, -0.25) is 63.3 Å². The van der Waals surface area contributed by atoms with E-state index in [1.54, 1.807) is 24.3 Å². The summed E-state index contributed by atoms with van der Waals surface area (Å²) in [6.45, 7) is 24.6. The van der Waals surface area contributed by atoms with Crippen LogP contribution in [0.15, 0.2) is 72.9 Å². The van der Waals surface area contributed by atoms with E-state index in [1.165, 1.54) is 32.1 Å². The average Bonchev–Trinajstić information content (AvgIpc) is 1.65. The van der Waals surface area contributed by atoms with Gasteiger partial charge in [-0.15, -0.1) is 0 Å². The van der Waals surface area contributed by atoms with Crippen LogP contribution >= 0.6 is 46.4 Å². The summed E-state index contributed by atoms with van der Waals surface area (Å²) in [5.74, 6) is 4.80. The fourth-order valence-corrected chi connectivity index (χ4v) is 16.7. The number of aryl methyl sites for hydroxylation is 1. The Bertz CT molecular complexity index is 5210. The normalized spacial score (nSPS) is 19.1. The summed E-state index contributed by atoms with van der Waals surface area (Å²) < 4.78 is 32.6. The molecule has 8 aliphatic rings. The van der Waals surface area contributed by atoms with Crippen molar-refractivity contribution in [3.63, 3.8) is 0 Å². The van der Waals surface area contributed by atoms with E-state index in [0.717, 1.165) is 202 Å². The largest absolute Gasteiger partial charge is 0.381 e. The summed E-state index contributed by atoms with van der Waals surface area (Å²) in [4.78, 5) is 94.8. The van der Waals surface area contributed by atoms with Gasteiger partial charge in [-0.2, -0.15) is 0 Å². The highest BCUT2D eigenvalue weighted by atomic mass is 35.5. The molecule has 18 rings (SSSR count). The molecule has 5 N–H and O–H groups in total. The molecule has 0 aromatic carbocycles. The SMILES string of the molecule is C=C(CC1CCOC1)Nc1nc2ccc(Cl)nc2n1C1CCC1.CC(C)(C)OCCC(=O)Nc1nc2ccc(Cl)nc2n1C1CCC1.CC1(C)CC(CC(=O)Nc2nc3ccc(Cl)nc3n2C2CCC2)CCO1.Cc1ccc2nc(NC(=O)CC(C)C)n(C3CCC3)c2n1.O=C(CC1CCOCC1)Nc1nc2ccc(Cl)nc2n1C1CCC1. The maximum atomic E-state index is 12.7. The zero-order valence-corrected chi connectivity index (χ0v) is 72.1. The predicted molar refractivity (Wildman–Crippen MR) is 463 cm³/mol. The van der Waals surface area contributed by atoms with E-state index in [1.807, 2.05) is 87.1 Å². The molecule has 4 amide bonds. The molecular weight excluding hydrogens is 1580 g/mol. The maximum absolute atomic E-state index is 12.7. The van der Waals surface area contributed by atoms with Crippen molar-refractivity contribution in [2.24, 2.45) is 23.7 Å². The molecular formula is C86H112Cl4N20O8. The lowest BCUT2D eigenvalue weighted by atomic mass is 9.86. The number of fused-ring (bicyclic) bond motifs is 5. The number of rotatable bonds is 22. The number of imidazole rings is 5. The minimum atomic E-state index is -0.250. The van der Waals surface area contributed by atoms with E-state index in [9.17, 15) is 19.2 Å². The summed E-state index contributed by atoms with van der Waals surface area (Å²) >= 11 is 24.2. The van der Waals surface area contributed by atoms with Crippen LogP contribution in [0.25, 0.3) is 55.8 Å². The topological polar surface area (TPSA) is 319 Å². The Morgan fingerprint density at radius 2 is 0.797 bits per heavy atom. The smallest absolute Gasteiger partial charge is 0.229 e. The highest BCUT2D eigenvalue weighted by molar-refractivity contribution is 6.30. The lowest BCUT2D eigenvalue weighted by molar-refractivity contribution is -0.120. The Kier molecular flexibility index (Phi) is 28.0. The third-order valence-electron chi connectivity index (χ3n) is 23.3. The number of carbonyl (C=O) groups is 4. The summed E-state index contributed by atoms with van der Waals surface area (Å²) in [6, 6.07) is 20.3. The van der Waals surface area contributed by atoms with Crippen molar-refractivity contribution in [3.8, 4) is 0 Å². The second kappa shape index (κ2) is 38.5. The molecule has 10 aromatic rings. The van der Waals surface area contributed by atoms with E-state index < -0.39 is 0 Å². The van der Waals surface area contributed by atoms with Crippen LogP contribution in [0.5, 0.6) is 0 Å². The highest BCUT2D eigenvalue weighted by Crippen LogP contribution is 2.43. The number of ether oxygens (including phenoxy) is 4. The molecule has 3 aliphatic heterocycles.